The lowest BCUT2D eigenvalue weighted by Gasteiger charge is -2.22. The molecule has 0 saturated heterocycles. The van der Waals surface area contributed by atoms with Gasteiger partial charge >= 0.3 is 5.97 Å². The van der Waals surface area contributed by atoms with Crippen molar-refractivity contribution in [3.8, 4) is 0 Å². The fourth-order valence-electron chi connectivity index (χ4n) is 3.39. The number of anilines is 1. The van der Waals surface area contributed by atoms with Crippen LogP contribution in [-0.2, 0) is 4.74 Å². The predicted molar refractivity (Wildman–Crippen MR) is 103 cm³/mol. The van der Waals surface area contributed by atoms with Crippen LogP contribution >= 0.6 is 11.6 Å². The lowest BCUT2D eigenvalue weighted by molar-refractivity contribution is 0.0476. The van der Waals surface area contributed by atoms with Crippen LogP contribution in [-0.4, -0.2) is 18.4 Å². The molecule has 0 radical (unpaired) electrons. The number of hydrogen-bond acceptors (Lipinski definition) is 4. The highest BCUT2D eigenvalue weighted by molar-refractivity contribution is 6.31. The summed E-state index contributed by atoms with van der Waals surface area (Å²) in [7, 11) is 0. The minimum absolute atomic E-state index is 0.204. The number of carbonyl (C=O) groups is 2. The summed E-state index contributed by atoms with van der Waals surface area (Å²) in [6.45, 7) is -0.316. The Morgan fingerprint density at radius 1 is 1.04 bits per heavy atom. The summed E-state index contributed by atoms with van der Waals surface area (Å²) in [6.07, 6.45) is 6.29. The topological polar surface area (TPSA) is 69.4 Å². The van der Waals surface area contributed by atoms with Crippen LogP contribution in [0.3, 0.4) is 0 Å². The third kappa shape index (κ3) is 4.44. The molecule has 3 rings (SSSR count). The largest absolute Gasteiger partial charge is 0.454 e. The molecular formula is C21H22ClNO3. The molecule has 0 spiro atoms. The Bertz CT molecular complexity index is 795. The maximum atomic E-state index is 12.3. The molecule has 0 aliphatic heterocycles. The van der Waals surface area contributed by atoms with E-state index >= 15 is 0 Å². The lowest BCUT2D eigenvalue weighted by Crippen LogP contribution is -2.15. The Hall–Kier alpha value is -2.33. The van der Waals surface area contributed by atoms with Crippen LogP contribution in [0.2, 0.25) is 5.02 Å². The van der Waals surface area contributed by atoms with E-state index in [1.54, 1.807) is 6.07 Å². The first-order chi connectivity index (χ1) is 12.5. The molecule has 2 aromatic rings. The number of ether oxygens (including phenoxy) is 1. The van der Waals surface area contributed by atoms with E-state index in [1.165, 1.54) is 49.8 Å². The fourth-order valence-corrected chi connectivity index (χ4v) is 3.57. The van der Waals surface area contributed by atoms with Crippen molar-refractivity contribution in [2.45, 2.75) is 38.0 Å². The van der Waals surface area contributed by atoms with Gasteiger partial charge in [-0.25, -0.2) is 4.79 Å². The second kappa shape index (κ2) is 8.37. The van der Waals surface area contributed by atoms with Gasteiger partial charge in [-0.3, -0.25) is 4.79 Å². The van der Waals surface area contributed by atoms with E-state index in [2.05, 4.69) is 0 Å². The van der Waals surface area contributed by atoms with Crippen LogP contribution in [0.25, 0.3) is 0 Å². The maximum absolute atomic E-state index is 12.3. The number of Topliss-reactive ketones (excluding diaryl/α,β-unsaturated/α-hetero) is 1. The number of halogens is 1. The van der Waals surface area contributed by atoms with Gasteiger partial charge in [-0.05, 0) is 42.5 Å². The van der Waals surface area contributed by atoms with Crippen molar-refractivity contribution in [2.24, 2.45) is 0 Å². The minimum atomic E-state index is -0.633. The number of rotatable bonds is 5. The van der Waals surface area contributed by atoms with E-state index in [1.807, 2.05) is 24.3 Å². The second-order valence-corrected chi connectivity index (χ2v) is 7.12. The molecule has 2 aromatic carbocycles. The Morgan fingerprint density at radius 2 is 1.73 bits per heavy atom. The van der Waals surface area contributed by atoms with Gasteiger partial charge in [0.1, 0.15) is 0 Å². The van der Waals surface area contributed by atoms with E-state index in [0.717, 1.165) is 0 Å². The number of hydrogen-bond donors (Lipinski definition) is 1. The van der Waals surface area contributed by atoms with Crippen molar-refractivity contribution in [3.05, 3.63) is 64.2 Å². The normalized spacial score (nSPS) is 14.8. The third-order valence-corrected chi connectivity index (χ3v) is 5.11. The zero-order chi connectivity index (χ0) is 18.5. The predicted octanol–water partition coefficient (Wildman–Crippen LogP) is 5.01. The van der Waals surface area contributed by atoms with Gasteiger partial charge in [0.05, 0.1) is 5.56 Å². The number of benzene rings is 2. The molecule has 1 aliphatic carbocycles. The summed E-state index contributed by atoms with van der Waals surface area (Å²) < 4.78 is 5.10. The highest BCUT2D eigenvalue weighted by Crippen LogP contribution is 2.32. The van der Waals surface area contributed by atoms with Crippen molar-refractivity contribution < 1.29 is 14.3 Å². The van der Waals surface area contributed by atoms with E-state index in [-0.39, 0.29) is 23.6 Å². The van der Waals surface area contributed by atoms with E-state index < -0.39 is 5.97 Å². The van der Waals surface area contributed by atoms with E-state index in [0.29, 0.717) is 16.5 Å². The molecule has 0 heterocycles. The molecule has 0 amide bonds. The zero-order valence-electron chi connectivity index (χ0n) is 14.5. The number of esters is 1. The highest BCUT2D eigenvalue weighted by Gasteiger charge is 2.17. The lowest BCUT2D eigenvalue weighted by atomic mass is 9.84. The molecule has 136 valence electrons. The Morgan fingerprint density at radius 3 is 2.38 bits per heavy atom. The van der Waals surface area contributed by atoms with Gasteiger partial charge in [0, 0.05) is 16.3 Å². The number of carbonyl (C=O) groups excluding carboxylic acids is 2. The van der Waals surface area contributed by atoms with Crippen LogP contribution in [0.4, 0.5) is 5.69 Å². The quantitative estimate of drug-likeness (QED) is 0.455. The van der Waals surface area contributed by atoms with Crippen molar-refractivity contribution in [1.82, 2.24) is 0 Å². The van der Waals surface area contributed by atoms with Crippen LogP contribution in [0, 0.1) is 0 Å². The fraction of sp³-hybridized carbons (Fsp3) is 0.333. The third-order valence-electron chi connectivity index (χ3n) is 4.88. The molecule has 4 nitrogen and oxygen atoms in total. The first kappa shape index (κ1) is 18.5. The molecule has 0 unspecified atom stereocenters. The number of ketones is 1. The summed E-state index contributed by atoms with van der Waals surface area (Å²) in [6, 6.07) is 12.2. The summed E-state index contributed by atoms with van der Waals surface area (Å²) in [5.74, 6) is -0.272. The Balaban J connectivity index is 1.58. The van der Waals surface area contributed by atoms with Gasteiger partial charge in [0.25, 0.3) is 0 Å². The van der Waals surface area contributed by atoms with Crippen molar-refractivity contribution in [3.63, 3.8) is 0 Å². The van der Waals surface area contributed by atoms with Crippen LogP contribution < -0.4 is 5.73 Å². The van der Waals surface area contributed by atoms with Crippen molar-refractivity contribution >= 4 is 29.0 Å². The van der Waals surface area contributed by atoms with Gasteiger partial charge < -0.3 is 10.5 Å². The standard InChI is InChI=1S/C21H22ClNO3/c22-17-10-11-18(19(23)12-17)21(25)26-13-20(24)16-8-6-15(7-9-16)14-4-2-1-3-5-14/h6-12,14H,1-5,13,23H2. The van der Waals surface area contributed by atoms with Crippen molar-refractivity contribution in [1.29, 1.82) is 0 Å². The average Bonchev–Trinajstić information content (AvgIpc) is 2.66. The zero-order valence-corrected chi connectivity index (χ0v) is 15.3. The molecular weight excluding hydrogens is 350 g/mol. The van der Waals surface area contributed by atoms with Gasteiger partial charge in [-0.1, -0.05) is 55.1 Å². The molecule has 0 bridgehead atoms. The molecule has 5 heteroatoms. The van der Waals surface area contributed by atoms with Gasteiger partial charge in [0.15, 0.2) is 12.4 Å². The summed E-state index contributed by atoms with van der Waals surface area (Å²) >= 11 is 5.81. The Labute approximate surface area is 158 Å². The van der Waals surface area contributed by atoms with Gasteiger partial charge in [-0.15, -0.1) is 0 Å². The smallest absolute Gasteiger partial charge is 0.340 e. The number of nitrogen functional groups attached to an aromatic ring is 1. The summed E-state index contributed by atoms with van der Waals surface area (Å²) in [5.41, 5.74) is 8.02. The first-order valence-corrected chi connectivity index (χ1v) is 9.27. The highest BCUT2D eigenvalue weighted by atomic mass is 35.5. The molecule has 1 aliphatic rings. The van der Waals surface area contributed by atoms with Gasteiger partial charge in [0.2, 0.25) is 0 Å². The monoisotopic (exact) mass is 371 g/mol. The molecule has 0 atom stereocenters. The van der Waals surface area contributed by atoms with Crippen molar-refractivity contribution in [2.75, 3.05) is 12.3 Å². The average molecular weight is 372 g/mol. The molecule has 2 N–H and O–H groups in total. The minimum Gasteiger partial charge on any atom is -0.454 e. The first-order valence-electron chi connectivity index (χ1n) is 8.90. The molecule has 26 heavy (non-hydrogen) atoms. The second-order valence-electron chi connectivity index (χ2n) is 6.69. The molecule has 1 fully saturated rings. The van der Waals surface area contributed by atoms with Crippen LogP contribution in [0.5, 0.6) is 0 Å². The Kier molecular flexibility index (Phi) is 5.94. The molecule has 0 aromatic heterocycles. The van der Waals surface area contributed by atoms with E-state index in [4.69, 9.17) is 22.1 Å². The molecule has 1 saturated carbocycles. The number of nitrogens with two attached hydrogens (primary N) is 1. The summed E-state index contributed by atoms with van der Waals surface area (Å²) in [4.78, 5) is 24.4. The maximum Gasteiger partial charge on any atom is 0.340 e. The van der Waals surface area contributed by atoms with Crippen LogP contribution in [0.15, 0.2) is 42.5 Å². The van der Waals surface area contributed by atoms with Gasteiger partial charge in [-0.2, -0.15) is 0 Å². The SMILES string of the molecule is Nc1cc(Cl)ccc1C(=O)OCC(=O)c1ccc(C2CCCCC2)cc1. The van der Waals surface area contributed by atoms with E-state index in [9.17, 15) is 9.59 Å². The summed E-state index contributed by atoms with van der Waals surface area (Å²) in [5, 5.41) is 0.438. The van der Waals surface area contributed by atoms with Crippen LogP contribution in [0.1, 0.15) is 64.3 Å².